The molecule has 35 heavy (non-hydrogen) atoms. The molecule has 4 amide bonds. The third kappa shape index (κ3) is 9.51. The highest BCUT2D eigenvalue weighted by molar-refractivity contribution is 5.91. The second kappa shape index (κ2) is 13.6. The summed E-state index contributed by atoms with van der Waals surface area (Å²) in [4.78, 5) is 49.3. The maximum Gasteiger partial charge on any atom is 0.405 e. The minimum absolute atomic E-state index is 0.0192. The van der Waals surface area contributed by atoms with E-state index in [1.165, 1.54) is 24.3 Å². The molecular weight excluding hydrogens is 459 g/mol. The summed E-state index contributed by atoms with van der Waals surface area (Å²) in [6.07, 6.45) is 0.574. The molecule has 4 atom stereocenters. The molecule has 0 radical (unpaired) electrons. The number of hydrogen-bond donors (Lipinski definition) is 6. The summed E-state index contributed by atoms with van der Waals surface area (Å²) in [6.45, 7) is 3.98. The van der Waals surface area contributed by atoms with E-state index in [-0.39, 0.29) is 43.6 Å². The SMILES string of the molecule is CC(C)CC(NC(=O)C(Cc1ccc(F)cc1)NC(=O)O)C(=O)NC(CO)C[C@@H]1CCCNC1=O. The number of aliphatic hydroxyl groups excluding tert-OH is 1. The van der Waals surface area contributed by atoms with E-state index >= 15 is 0 Å². The van der Waals surface area contributed by atoms with Crippen LogP contribution in [0.1, 0.15) is 45.1 Å². The molecule has 1 aromatic rings. The van der Waals surface area contributed by atoms with Crippen LogP contribution in [-0.2, 0) is 20.8 Å². The number of carbonyl (C=O) groups is 4. The number of amides is 4. The number of halogens is 1. The van der Waals surface area contributed by atoms with Crippen LogP contribution in [0.2, 0.25) is 0 Å². The van der Waals surface area contributed by atoms with E-state index in [0.29, 0.717) is 18.5 Å². The van der Waals surface area contributed by atoms with Gasteiger partial charge in [-0.25, -0.2) is 9.18 Å². The fourth-order valence-electron chi connectivity index (χ4n) is 4.07. The first kappa shape index (κ1) is 28.0. The Hall–Kier alpha value is -3.21. The van der Waals surface area contributed by atoms with E-state index < -0.39 is 41.9 Å². The van der Waals surface area contributed by atoms with Gasteiger partial charge in [0.05, 0.1) is 12.6 Å². The van der Waals surface area contributed by atoms with Crippen molar-refractivity contribution in [1.82, 2.24) is 21.3 Å². The fraction of sp³-hybridized carbons (Fsp3) is 0.583. The summed E-state index contributed by atoms with van der Waals surface area (Å²) in [5, 5.41) is 29.2. The summed E-state index contributed by atoms with van der Waals surface area (Å²) < 4.78 is 13.2. The van der Waals surface area contributed by atoms with Crippen molar-refractivity contribution in [1.29, 1.82) is 0 Å². The van der Waals surface area contributed by atoms with Crippen LogP contribution in [0.4, 0.5) is 9.18 Å². The molecule has 0 aliphatic carbocycles. The van der Waals surface area contributed by atoms with Gasteiger partial charge >= 0.3 is 6.09 Å². The van der Waals surface area contributed by atoms with Gasteiger partial charge in [0.25, 0.3) is 0 Å². The highest BCUT2D eigenvalue weighted by atomic mass is 19.1. The molecule has 2 rings (SSSR count). The lowest BCUT2D eigenvalue weighted by Gasteiger charge is -2.28. The van der Waals surface area contributed by atoms with Crippen LogP contribution in [0.3, 0.4) is 0 Å². The molecule has 0 spiro atoms. The maximum absolute atomic E-state index is 13.2. The average molecular weight is 495 g/mol. The van der Waals surface area contributed by atoms with Crippen molar-refractivity contribution in [2.75, 3.05) is 13.2 Å². The molecule has 0 aromatic heterocycles. The number of carbonyl (C=O) groups excluding carboxylic acids is 3. The molecule has 0 bridgehead atoms. The molecule has 1 heterocycles. The molecule has 6 N–H and O–H groups in total. The Balaban J connectivity index is 2.08. The molecule has 3 unspecified atom stereocenters. The first-order valence-electron chi connectivity index (χ1n) is 11.8. The average Bonchev–Trinajstić information content (AvgIpc) is 2.79. The zero-order chi connectivity index (χ0) is 26.0. The molecule has 1 saturated heterocycles. The van der Waals surface area contributed by atoms with Crippen LogP contribution in [0.25, 0.3) is 0 Å². The van der Waals surface area contributed by atoms with Gasteiger partial charge in [0.1, 0.15) is 17.9 Å². The number of hydrogen-bond acceptors (Lipinski definition) is 5. The Morgan fingerprint density at radius 2 is 1.74 bits per heavy atom. The molecule has 10 nitrogen and oxygen atoms in total. The second-order valence-corrected chi connectivity index (χ2v) is 9.28. The lowest BCUT2D eigenvalue weighted by Crippen LogP contribution is -2.56. The third-order valence-electron chi connectivity index (χ3n) is 5.84. The van der Waals surface area contributed by atoms with Gasteiger partial charge in [-0.1, -0.05) is 26.0 Å². The standard InChI is InChI=1S/C24H35FN4O6/c1-14(2)10-19(22(32)27-18(13-30)12-16-4-3-9-26-21(16)31)28-23(33)20(29-24(34)35)11-15-5-7-17(25)8-6-15/h5-8,14,16,18-20,29-30H,3-4,9-13H2,1-2H3,(H,26,31)(H,27,32)(H,28,33)(H,34,35)/t16-,18?,19?,20?/m0/s1. The minimum atomic E-state index is -1.41. The van der Waals surface area contributed by atoms with Gasteiger partial charge in [-0.3, -0.25) is 14.4 Å². The zero-order valence-electron chi connectivity index (χ0n) is 20.1. The summed E-state index contributed by atoms with van der Waals surface area (Å²) in [5.74, 6) is -2.11. The summed E-state index contributed by atoms with van der Waals surface area (Å²) in [5.41, 5.74) is 0.538. The number of benzene rings is 1. The van der Waals surface area contributed by atoms with Gasteiger partial charge in [0.15, 0.2) is 0 Å². The Kier molecular flexibility index (Phi) is 10.9. The van der Waals surface area contributed by atoms with Crippen molar-refractivity contribution in [2.24, 2.45) is 11.8 Å². The first-order chi connectivity index (χ1) is 16.6. The lowest BCUT2D eigenvalue weighted by atomic mass is 9.91. The Bertz CT molecular complexity index is 879. The van der Waals surface area contributed by atoms with Gasteiger partial charge < -0.3 is 31.5 Å². The number of nitrogens with one attached hydrogen (secondary N) is 4. The molecule has 1 aliphatic rings. The summed E-state index contributed by atoms with van der Waals surface area (Å²) >= 11 is 0. The molecule has 1 aliphatic heterocycles. The van der Waals surface area contributed by atoms with Crippen LogP contribution in [0.5, 0.6) is 0 Å². The van der Waals surface area contributed by atoms with Gasteiger partial charge in [-0.2, -0.15) is 0 Å². The topological polar surface area (TPSA) is 157 Å². The highest BCUT2D eigenvalue weighted by Gasteiger charge is 2.30. The predicted octanol–water partition coefficient (Wildman–Crippen LogP) is 0.929. The molecular formula is C24H35FN4O6. The predicted molar refractivity (Wildman–Crippen MR) is 126 cm³/mol. The van der Waals surface area contributed by atoms with Crippen LogP contribution in [0.15, 0.2) is 24.3 Å². The molecule has 1 aromatic carbocycles. The Morgan fingerprint density at radius 3 is 2.31 bits per heavy atom. The Labute approximate surface area is 204 Å². The van der Waals surface area contributed by atoms with Crippen molar-refractivity contribution in [3.05, 3.63) is 35.6 Å². The van der Waals surface area contributed by atoms with E-state index in [1.54, 1.807) is 0 Å². The quantitative estimate of drug-likeness (QED) is 0.254. The molecule has 11 heteroatoms. The van der Waals surface area contributed by atoms with Crippen molar-refractivity contribution in [3.8, 4) is 0 Å². The number of aliphatic hydroxyl groups is 1. The lowest BCUT2D eigenvalue weighted by molar-refractivity contribution is -0.131. The van der Waals surface area contributed by atoms with Crippen molar-refractivity contribution >= 4 is 23.8 Å². The second-order valence-electron chi connectivity index (χ2n) is 9.28. The van der Waals surface area contributed by atoms with Crippen LogP contribution < -0.4 is 21.3 Å². The zero-order valence-corrected chi connectivity index (χ0v) is 20.1. The summed E-state index contributed by atoms with van der Waals surface area (Å²) in [6, 6.07) is 2.46. The third-order valence-corrected chi connectivity index (χ3v) is 5.84. The smallest absolute Gasteiger partial charge is 0.405 e. The van der Waals surface area contributed by atoms with E-state index in [9.17, 15) is 33.8 Å². The maximum atomic E-state index is 13.2. The van der Waals surface area contributed by atoms with Crippen LogP contribution in [0, 0.1) is 17.7 Å². The van der Waals surface area contributed by atoms with Gasteiger partial charge in [-0.15, -0.1) is 0 Å². The van der Waals surface area contributed by atoms with Crippen molar-refractivity contribution in [3.63, 3.8) is 0 Å². The first-order valence-corrected chi connectivity index (χ1v) is 11.8. The normalized spacial score (nSPS) is 18.2. The van der Waals surface area contributed by atoms with Crippen LogP contribution >= 0.6 is 0 Å². The van der Waals surface area contributed by atoms with Gasteiger partial charge in [0.2, 0.25) is 17.7 Å². The van der Waals surface area contributed by atoms with E-state index in [4.69, 9.17) is 0 Å². The largest absolute Gasteiger partial charge is 0.465 e. The number of rotatable bonds is 12. The van der Waals surface area contributed by atoms with E-state index in [0.717, 1.165) is 6.42 Å². The van der Waals surface area contributed by atoms with Gasteiger partial charge in [0, 0.05) is 18.9 Å². The molecule has 0 saturated carbocycles. The Morgan fingerprint density at radius 1 is 1.09 bits per heavy atom. The van der Waals surface area contributed by atoms with Crippen molar-refractivity contribution in [2.45, 2.75) is 64.1 Å². The fourth-order valence-corrected chi connectivity index (χ4v) is 4.07. The van der Waals surface area contributed by atoms with E-state index in [2.05, 4.69) is 21.3 Å². The van der Waals surface area contributed by atoms with E-state index in [1.807, 2.05) is 13.8 Å². The monoisotopic (exact) mass is 494 g/mol. The molecule has 194 valence electrons. The highest BCUT2D eigenvalue weighted by Crippen LogP contribution is 2.18. The van der Waals surface area contributed by atoms with Crippen LogP contribution in [-0.4, -0.2) is 65.3 Å². The minimum Gasteiger partial charge on any atom is -0.465 e. The number of piperidine rings is 1. The molecule has 1 fully saturated rings. The number of carboxylic acid groups (broad SMARTS) is 1. The van der Waals surface area contributed by atoms with Crippen molar-refractivity contribution < 1.29 is 33.8 Å². The summed E-state index contributed by atoms with van der Waals surface area (Å²) in [7, 11) is 0. The van der Waals surface area contributed by atoms with Gasteiger partial charge in [-0.05, 0) is 49.3 Å².